The Kier molecular flexibility index (Phi) is 5.14. The van der Waals surface area contributed by atoms with Gasteiger partial charge in [-0.3, -0.25) is 9.89 Å². The number of hydrogen-bond donors (Lipinski definition) is 1. The number of pyridine rings is 1. The highest BCUT2D eigenvalue weighted by molar-refractivity contribution is 5.94. The summed E-state index contributed by atoms with van der Waals surface area (Å²) in [5, 5.41) is 7.17. The fraction of sp³-hybridized carbons (Fsp3) is 0.438. The van der Waals surface area contributed by atoms with Crippen LogP contribution in [-0.4, -0.2) is 46.7 Å². The SMILES string of the molecule is COc1cc(C(=O)N(C)CCCc2c(C)n[nH]c2C)ccn1. The Morgan fingerprint density at radius 1 is 1.41 bits per heavy atom. The van der Waals surface area contributed by atoms with Gasteiger partial charge in [-0.15, -0.1) is 0 Å². The lowest BCUT2D eigenvalue weighted by atomic mass is 10.1. The van der Waals surface area contributed by atoms with Crippen molar-refractivity contribution in [1.29, 1.82) is 0 Å². The van der Waals surface area contributed by atoms with Crippen LogP contribution in [-0.2, 0) is 6.42 Å². The number of aromatic amines is 1. The number of nitrogens with one attached hydrogen (secondary N) is 1. The van der Waals surface area contributed by atoms with Crippen LogP contribution in [0.25, 0.3) is 0 Å². The van der Waals surface area contributed by atoms with E-state index in [0.717, 1.165) is 24.2 Å². The summed E-state index contributed by atoms with van der Waals surface area (Å²) in [5.74, 6) is 0.422. The molecule has 0 unspecified atom stereocenters. The van der Waals surface area contributed by atoms with E-state index in [0.29, 0.717) is 18.0 Å². The second-order valence-corrected chi connectivity index (χ2v) is 5.33. The largest absolute Gasteiger partial charge is 0.481 e. The number of nitrogens with zero attached hydrogens (tertiary/aromatic N) is 3. The van der Waals surface area contributed by atoms with Crippen LogP contribution >= 0.6 is 0 Å². The molecule has 0 fully saturated rings. The minimum atomic E-state index is -0.0265. The van der Waals surface area contributed by atoms with E-state index < -0.39 is 0 Å². The Morgan fingerprint density at radius 3 is 2.82 bits per heavy atom. The molecule has 118 valence electrons. The Labute approximate surface area is 130 Å². The molecule has 0 saturated carbocycles. The van der Waals surface area contributed by atoms with Gasteiger partial charge in [0.1, 0.15) is 0 Å². The molecule has 1 N–H and O–H groups in total. The molecule has 1 amide bonds. The first-order valence-corrected chi connectivity index (χ1v) is 7.29. The van der Waals surface area contributed by atoms with Gasteiger partial charge >= 0.3 is 0 Å². The molecule has 0 aliphatic rings. The van der Waals surface area contributed by atoms with E-state index in [2.05, 4.69) is 15.2 Å². The minimum absolute atomic E-state index is 0.0265. The smallest absolute Gasteiger partial charge is 0.253 e. The second-order valence-electron chi connectivity index (χ2n) is 5.33. The van der Waals surface area contributed by atoms with Crippen LogP contribution < -0.4 is 4.74 Å². The fourth-order valence-corrected chi connectivity index (χ4v) is 2.41. The lowest BCUT2D eigenvalue weighted by Crippen LogP contribution is -2.28. The number of methoxy groups -OCH3 is 1. The minimum Gasteiger partial charge on any atom is -0.481 e. The van der Waals surface area contributed by atoms with Crippen molar-refractivity contribution in [3.8, 4) is 5.88 Å². The predicted octanol–water partition coefficient (Wildman–Crippen LogP) is 2.13. The van der Waals surface area contributed by atoms with E-state index in [-0.39, 0.29) is 5.91 Å². The summed E-state index contributed by atoms with van der Waals surface area (Å²) in [6.07, 6.45) is 3.38. The van der Waals surface area contributed by atoms with Gasteiger partial charge < -0.3 is 9.64 Å². The first kappa shape index (κ1) is 16.0. The Balaban J connectivity index is 1.91. The quantitative estimate of drug-likeness (QED) is 0.887. The zero-order valence-corrected chi connectivity index (χ0v) is 13.5. The summed E-state index contributed by atoms with van der Waals surface area (Å²) >= 11 is 0. The summed E-state index contributed by atoms with van der Waals surface area (Å²) < 4.78 is 5.05. The molecule has 6 heteroatoms. The molecule has 0 spiro atoms. The number of hydrogen-bond acceptors (Lipinski definition) is 4. The van der Waals surface area contributed by atoms with Crippen LogP contribution in [0.3, 0.4) is 0 Å². The van der Waals surface area contributed by atoms with Crippen molar-refractivity contribution in [2.24, 2.45) is 0 Å². The number of aryl methyl sites for hydroxylation is 2. The molecule has 0 aliphatic carbocycles. The van der Waals surface area contributed by atoms with Gasteiger partial charge in [0.2, 0.25) is 5.88 Å². The number of rotatable bonds is 6. The molecular weight excluding hydrogens is 280 g/mol. The summed E-state index contributed by atoms with van der Waals surface area (Å²) in [6.45, 7) is 4.71. The summed E-state index contributed by atoms with van der Waals surface area (Å²) in [6, 6.07) is 3.36. The van der Waals surface area contributed by atoms with Crippen LogP contribution in [0.1, 0.15) is 33.7 Å². The third kappa shape index (κ3) is 3.63. The maximum atomic E-state index is 12.4. The van der Waals surface area contributed by atoms with Gasteiger partial charge in [0.15, 0.2) is 0 Å². The standard InChI is InChI=1S/C16H22N4O2/c1-11-14(12(2)19-18-11)6-5-9-20(3)16(21)13-7-8-17-15(10-13)22-4/h7-8,10H,5-6,9H2,1-4H3,(H,18,19). The Morgan fingerprint density at radius 2 is 2.18 bits per heavy atom. The number of amides is 1. The highest BCUT2D eigenvalue weighted by Crippen LogP contribution is 2.13. The average molecular weight is 302 g/mol. The summed E-state index contributed by atoms with van der Waals surface area (Å²) in [7, 11) is 3.35. The highest BCUT2D eigenvalue weighted by Gasteiger charge is 2.13. The van der Waals surface area contributed by atoms with Crippen molar-refractivity contribution >= 4 is 5.91 Å². The predicted molar refractivity (Wildman–Crippen MR) is 84.1 cm³/mol. The van der Waals surface area contributed by atoms with Crippen molar-refractivity contribution in [3.05, 3.63) is 40.8 Å². The van der Waals surface area contributed by atoms with Gasteiger partial charge in [0, 0.05) is 37.1 Å². The van der Waals surface area contributed by atoms with Crippen LogP contribution in [0.2, 0.25) is 0 Å². The van der Waals surface area contributed by atoms with Crippen molar-refractivity contribution in [1.82, 2.24) is 20.1 Å². The van der Waals surface area contributed by atoms with Gasteiger partial charge in [-0.05, 0) is 38.3 Å². The molecule has 6 nitrogen and oxygen atoms in total. The van der Waals surface area contributed by atoms with Crippen LogP contribution in [0.15, 0.2) is 18.3 Å². The molecule has 0 atom stereocenters. The van der Waals surface area contributed by atoms with Crippen LogP contribution in [0, 0.1) is 13.8 Å². The molecule has 2 rings (SSSR count). The highest BCUT2D eigenvalue weighted by atomic mass is 16.5. The van der Waals surface area contributed by atoms with E-state index in [1.807, 2.05) is 20.9 Å². The molecule has 0 bridgehead atoms. The van der Waals surface area contributed by atoms with Crippen LogP contribution in [0.5, 0.6) is 5.88 Å². The van der Waals surface area contributed by atoms with Crippen molar-refractivity contribution < 1.29 is 9.53 Å². The molecule has 2 aromatic heterocycles. The van der Waals surface area contributed by atoms with Gasteiger partial charge in [0.25, 0.3) is 5.91 Å². The third-order valence-corrected chi connectivity index (χ3v) is 3.74. The Bertz CT molecular complexity index is 632. The average Bonchev–Trinajstić information content (AvgIpc) is 2.85. The first-order chi connectivity index (χ1) is 10.5. The van der Waals surface area contributed by atoms with Gasteiger partial charge in [-0.2, -0.15) is 5.10 Å². The third-order valence-electron chi connectivity index (χ3n) is 3.74. The number of ether oxygens (including phenoxy) is 1. The lowest BCUT2D eigenvalue weighted by Gasteiger charge is -2.17. The van der Waals surface area contributed by atoms with Crippen molar-refractivity contribution in [2.75, 3.05) is 20.7 Å². The first-order valence-electron chi connectivity index (χ1n) is 7.29. The summed E-state index contributed by atoms with van der Waals surface area (Å²) in [5.41, 5.74) is 3.96. The van der Waals surface area contributed by atoms with Crippen molar-refractivity contribution in [2.45, 2.75) is 26.7 Å². The normalized spacial score (nSPS) is 10.5. The van der Waals surface area contributed by atoms with E-state index in [9.17, 15) is 4.79 Å². The zero-order valence-electron chi connectivity index (χ0n) is 13.5. The molecular formula is C16H22N4O2. The molecule has 22 heavy (non-hydrogen) atoms. The molecule has 2 aromatic rings. The number of carbonyl (C=O) groups is 1. The maximum absolute atomic E-state index is 12.4. The van der Waals surface area contributed by atoms with E-state index >= 15 is 0 Å². The van der Waals surface area contributed by atoms with Gasteiger partial charge in [-0.1, -0.05) is 0 Å². The summed E-state index contributed by atoms with van der Waals surface area (Å²) in [4.78, 5) is 18.1. The number of H-pyrrole nitrogens is 1. The van der Waals surface area contributed by atoms with Crippen molar-refractivity contribution in [3.63, 3.8) is 0 Å². The van der Waals surface area contributed by atoms with E-state index in [1.54, 1.807) is 23.2 Å². The second kappa shape index (κ2) is 7.06. The Hall–Kier alpha value is -2.37. The zero-order chi connectivity index (χ0) is 16.1. The fourth-order valence-electron chi connectivity index (χ4n) is 2.41. The molecule has 0 aliphatic heterocycles. The monoisotopic (exact) mass is 302 g/mol. The maximum Gasteiger partial charge on any atom is 0.253 e. The topological polar surface area (TPSA) is 71.1 Å². The number of aromatic nitrogens is 3. The van der Waals surface area contributed by atoms with Crippen LogP contribution in [0.4, 0.5) is 0 Å². The van der Waals surface area contributed by atoms with E-state index in [4.69, 9.17) is 4.74 Å². The molecule has 0 aromatic carbocycles. The molecule has 0 saturated heterocycles. The van der Waals surface area contributed by atoms with Gasteiger partial charge in [-0.25, -0.2) is 4.98 Å². The number of carbonyl (C=O) groups excluding carboxylic acids is 1. The lowest BCUT2D eigenvalue weighted by molar-refractivity contribution is 0.0793. The molecule has 0 radical (unpaired) electrons. The van der Waals surface area contributed by atoms with E-state index in [1.165, 1.54) is 12.7 Å². The van der Waals surface area contributed by atoms with Gasteiger partial charge in [0.05, 0.1) is 12.8 Å². The molecule has 2 heterocycles.